The first-order valence-electron chi connectivity index (χ1n) is 11.2. The SMILES string of the molecule is COC(=O)C1=C(CSc2nncn2-c2cccc(OC)c2)N(C2CC2)C(=O)NC1c1ccccc1. The average Bonchev–Trinajstić information content (AvgIpc) is 3.62. The van der Waals surface area contributed by atoms with E-state index in [0.29, 0.717) is 22.2 Å². The molecule has 2 heterocycles. The van der Waals surface area contributed by atoms with Gasteiger partial charge in [0, 0.05) is 23.6 Å². The molecule has 1 N–H and O–H groups in total. The normalized spacial score (nSPS) is 17.8. The Kier molecular flexibility index (Phi) is 6.45. The molecule has 1 fully saturated rings. The zero-order chi connectivity index (χ0) is 24.4. The minimum Gasteiger partial charge on any atom is -0.497 e. The van der Waals surface area contributed by atoms with Gasteiger partial charge in [0.05, 0.1) is 31.5 Å². The Morgan fingerprint density at radius 2 is 1.94 bits per heavy atom. The molecule has 1 saturated carbocycles. The number of esters is 1. The Hall–Kier alpha value is -3.79. The Balaban J connectivity index is 1.53. The van der Waals surface area contributed by atoms with Gasteiger partial charge >= 0.3 is 12.0 Å². The van der Waals surface area contributed by atoms with Gasteiger partial charge in [0.15, 0.2) is 5.16 Å². The van der Waals surface area contributed by atoms with Crippen LogP contribution in [-0.2, 0) is 9.53 Å². The fourth-order valence-electron chi connectivity index (χ4n) is 4.18. The van der Waals surface area contributed by atoms with Crippen molar-refractivity contribution >= 4 is 23.8 Å². The summed E-state index contributed by atoms with van der Waals surface area (Å²) in [5, 5.41) is 12.0. The molecule has 1 atom stereocenters. The van der Waals surface area contributed by atoms with E-state index in [0.717, 1.165) is 29.8 Å². The van der Waals surface area contributed by atoms with Crippen LogP contribution in [0.25, 0.3) is 5.69 Å². The van der Waals surface area contributed by atoms with Gasteiger partial charge in [0.1, 0.15) is 12.1 Å². The van der Waals surface area contributed by atoms with Crippen molar-refractivity contribution in [1.82, 2.24) is 25.0 Å². The highest BCUT2D eigenvalue weighted by molar-refractivity contribution is 7.99. The number of benzene rings is 2. The quantitative estimate of drug-likeness (QED) is 0.379. The Morgan fingerprint density at radius 1 is 1.14 bits per heavy atom. The minimum absolute atomic E-state index is 0.0678. The monoisotopic (exact) mass is 491 g/mol. The van der Waals surface area contributed by atoms with Crippen LogP contribution in [0.1, 0.15) is 24.4 Å². The molecule has 3 aromatic rings. The van der Waals surface area contributed by atoms with Crippen molar-refractivity contribution in [1.29, 1.82) is 0 Å². The number of carbonyl (C=O) groups is 2. The summed E-state index contributed by atoms with van der Waals surface area (Å²) in [7, 11) is 2.98. The molecule has 5 rings (SSSR count). The van der Waals surface area contributed by atoms with Gasteiger partial charge in [-0.05, 0) is 30.5 Å². The number of thioether (sulfide) groups is 1. The number of hydrogen-bond acceptors (Lipinski definition) is 7. The van der Waals surface area contributed by atoms with Crippen LogP contribution < -0.4 is 10.1 Å². The van der Waals surface area contributed by atoms with Crippen LogP contribution in [0.2, 0.25) is 0 Å². The molecular weight excluding hydrogens is 466 g/mol. The molecule has 1 unspecified atom stereocenters. The van der Waals surface area contributed by atoms with Gasteiger partial charge in [-0.1, -0.05) is 48.2 Å². The Morgan fingerprint density at radius 3 is 2.66 bits per heavy atom. The summed E-state index contributed by atoms with van der Waals surface area (Å²) in [5.41, 5.74) is 2.74. The highest BCUT2D eigenvalue weighted by Crippen LogP contribution is 2.40. The molecule has 2 aliphatic rings. The van der Waals surface area contributed by atoms with E-state index in [-0.39, 0.29) is 12.1 Å². The average molecular weight is 492 g/mol. The lowest BCUT2D eigenvalue weighted by atomic mass is 9.95. The number of urea groups is 1. The van der Waals surface area contributed by atoms with Gasteiger partial charge in [-0.25, -0.2) is 9.59 Å². The number of methoxy groups -OCH3 is 2. The van der Waals surface area contributed by atoms with Crippen molar-refractivity contribution in [3.63, 3.8) is 0 Å². The van der Waals surface area contributed by atoms with Crippen molar-refractivity contribution in [2.75, 3.05) is 20.0 Å². The van der Waals surface area contributed by atoms with E-state index in [4.69, 9.17) is 9.47 Å². The topological polar surface area (TPSA) is 98.6 Å². The van der Waals surface area contributed by atoms with Gasteiger partial charge in [-0.2, -0.15) is 0 Å². The first kappa shape index (κ1) is 23.0. The molecule has 0 bridgehead atoms. The van der Waals surface area contributed by atoms with Crippen LogP contribution >= 0.6 is 11.8 Å². The third-order valence-corrected chi connectivity index (χ3v) is 6.97. The Labute approximate surface area is 207 Å². The van der Waals surface area contributed by atoms with Crippen molar-refractivity contribution in [3.05, 3.63) is 77.8 Å². The number of carbonyl (C=O) groups excluding carboxylic acids is 2. The van der Waals surface area contributed by atoms with Crippen LogP contribution in [0, 0.1) is 0 Å². The zero-order valence-corrected chi connectivity index (χ0v) is 20.2. The lowest BCUT2D eigenvalue weighted by Gasteiger charge is -2.36. The van der Waals surface area contributed by atoms with E-state index in [9.17, 15) is 9.59 Å². The molecule has 0 radical (unpaired) electrons. The van der Waals surface area contributed by atoms with Crippen LogP contribution in [0.15, 0.2) is 77.4 Å². The highest BCUT2D eigenvalue weighted by atomic mass is 32.2. The van der Waals surface area contributed by atoms with E-state index in [1.807, 2.05) is 59.2 Å². The fraction of sp³-hybridized carbons (Fsp3) is 0.280. The number of rotatable bonds is 8. The minimum atomic E-state index is -0.599. The molecule has 1 aliphatic heterocycles. The second kappa shape index (κ2) is 9.83. The molecule has 0 spiro atoms. The number of nitrogens with one attached hydrogen (secondary N) is 1. The van der Waals surface area contributed by atoms with E-state index in [1.165, 1.54) is 18.9 Å². The van der Waals surface area contributed by atoms with Gasteiger partial charge in [-0.15, -0.1) is 10.2 Å². The number of ether oxygens (including phenoxy) is 2. The summed E-state index contributed by atoms with van der Waals surface area (Å²) in [6, 6.07) is 16.3. The highest BCUT2D eigenvalue weighted by Gasteiger charge is 2.44. The third kappa shape index (κ3) is 4.61. The molecule has 0 saturated heterocycles. The first-order valence-corrected chi connectivity index (χ1v) is 12.2. The van der Waals surface area contributed by atoms with Gasteiger partial charge < -0.3 is 14.8 Å². The molecule has 10 heteroatoms. The van der Waals surface area contributed by atoms with Crippen molar-refractivity contribution in [3.8, 4) is 11.4 Å². The number of amides is 2. The van der Waals surface area contributed by atoms with Crippen LogP contribution in [0.4, 0.5) is 4.79 Å². The van der Waals surface area contributed by atoms with E-state index >= 15 is 0 Å². The number of aromatic nitrogens is 3. The summed E-state index contributed by atoms with van der Waals surface area (Å²) in [6.07, 6.45) is 3.42. The third-order valence-electron chi connectivity index (χ3n) is 6.01. The van der Waals surface area contributed by atoms with E-state index in [2.05, 4.69) is 15.5 Å². The maximum atomic E-state index is 13.2. The van der Waals surface area contributed by atoms with Crippen molar-refractivity contribution in [2.45, 2.75) is 30.1 Å². The molecule has 9 nitrogen and oxygen atoms in total. The molecule has 1 aromatic heterocycles. The summed E-state index contributed by atoms with van der Waals surface area (Å²) < 4.78 is 12.4. The zero-order valence-electron chi connectivity index (χ0n) is 19.4. The Bertz CT molecular complexity index is 1270. The molecular formula is C25H25N5O4S. The summed E-state index contributed by atoms with van der Waals surface area (Å²) in [5.74, 6) is 0.604. The van der Waals surface area contributed by atoms with Gasteiger partial charge in [0.25, 0.3) is 0 Å². The summed E-state index contributed by atoms with van der Waals surface area (Å²) in [4.78, 5) is 28.0. The first-order chi connectivity index (χ1) is 17.1. The van der Waals surface area contributed by atoms with Gasteiger partial charge in [0.2, 0.25) is 0 Å². The molecule has 35 heavy (non-hydrogen) atoms. The number of hydrogen-bond donors (Lipinski definition) is 1. The predicted molar refractivity (Wildman–Crippen MR) is 130 cm³/mol. The number of nitrogens with zero attached hydrogens (tertiary/aromatic N) is 4. The summed E-state index contributed by atoms with van der Waals surface area (Å²) in [6.45, 7) is 0. The lowest BCUT2D eigenvalue weighted by Crippen LogP contribution is -2.50. The lowest BCUT2D eigenvalue weighted by molar-refractivity contribution is -0.136. The van der Waals surface area contributed by atoms with E-state index < -0.39 is 12.0 Å². The van der Waals surface area contributed by atoms with Crippen LogP contribution in [-0.4, -0.2) is 57.7 Å². The summed E-state index contributed by atoms with van der Waals surface area (Å²) >= 11 is 1.41. The maximum absolute atomic E-state index is 13.2. The predicted octanol–water partition coefficient (Wildman–Crippen LogP) is 3.72. The fourth-order valence-corrected chi connectivity index (χ4v) is 5.14. The largest absolute Gasteiger partial charge is 0.497 e. The smallest absolute Gasteiger partial charge is 0.338 e. The van der Waals surface area contributed by atoms with Crippen molar-refractivity contribution < 1.29 is 19.1 Å². The second-order valence-electron chi connectivity index (χ2n) is 8.22. The molecule has 180 valence electrons. The molecule has 1 aliphatic carbocycles. The second-order valence-corrected chi connectivity index (χ2v) is 9.16. The maximum Gasteiger partial charge on any atom is 0.338 e. The van der Waals surface area contributed by atoms with Crippen molar-refractivity contribution in [2.24, 2.45) is 0 Å². The molecule has 2 aromatic carbocycles. The molecule has 2 amide bonds. The van der Waals surface area contributed by atoms with Crippen LogP contribution in [0.3, 0.4) is 0 Å². The van der Waals surface area contributed by atoms with Crippen LogP contribution in [0.5, 0.6) is 5.75 Å². The standard InChI is InChI=1S/C25H25N5O4S/c1-33-19-10-6-9-18(13-19)29-15-26-28-25(29)35-14-20-21(23(31)34-2)22(16-7-4-3-5-8-16)27-24(32)30(20)17-11-12-17/h3-10,13,15,17,22H,11-12,14H2,1-2H3,(H,27,32). The van der Waals surface area contributed by atoms with E-state index in [1.54, 1.807) is 18.3 Å². The van der Waals surface area contributed by atoms with Gasteiger partial charge in [-0.3, -0.25) is 9.47 Å².